The summed E-state index contributed by atoms with van der Waals surface area (Å²) in [6.07, 6.45) is 0.676. The summed E-state index contributed by atoms with van der Waals surface area (Å²) in [6.45, 7) is 5.75. The van der Waals surface area contributed by atoms with Crippen molar-refractivity contribution in [3.63, 3.8) is 0 Å². The van der Waals surface area contributed by atoms with Crippen molar-refractivity contribution in [3.05, 3.63) is 33.4 Å². The number of halogens is 1. The van der Waals surface area contributed by atoms with Gasteiger partial charge in [-0.2, -0.15) is 0 Å². The van der Waals surface area contributed by atoms with Crippen LogP contribution in [0.15, 0.2) is 24.3 Å². The van der Waals surface area contributed by atoms with E-state index in [2.05, 4.69) is 28.7 Å². The first-order chi connectivity index (χ1) is 10.7. The van der Waals surface area contributed by atoms with Gasteiger partial charge in [-0.05, 0) is 79.8 Å². The topological polar surface area (TPSA) is 66.8 Å². The van der Waals surface area contributed by atoms with E-state index in [1.807, 2.05) is 18.2 Å². The second-order valence-corrected chi connectivity index (χ2v) is 8.17. The van der Waals surface area contributed by atoms with E-state index in [0.717, 1.165) is 15.6 Å². The average Bonchev–Trinajstić information content (AvgIpc) is 2.81. The molecule has 23 heavy (non-hydrogen) atoms. The van der Waals surface area contributed by atoms with E-state index in [-0.39, 0.29) is 5.92 Å². The van der Waals surface area contributed by atoms with Crippen LogP contribution in [0.1, 0.15) is 32.8 Å². The Morgan fingerprint density at radius 2 is 2.09 bits per heavy atom. The largest absolute Gasteiger partial charge is 0.480 e. The zero-order valence-corrected chi connectivity index (χ0v) is 15.7. The van der Waals surface area contributed by atoms with Crippen LogP contribution in [-0.4, -0.2) is 40.3 Å². The van der Waals surface area contributed by atoms with E-state index in [9.17, 15) is 14.7 Å². The molecule has 1 aliphatic heterocycles. The molecule has 126 valence electrons. The van der Waals surface area contributed by atoms with E-state index in [4.69, 9.17) is 4.74 Å². The van der Waals surface area contributed by atoms with Crippen molar-refractivity contribution in [2.75, 3.05) is 6.54 Å². The van der Waals surface area contributed by atoms with Gasteiger partial charge in [0.05, 0.1) is 0 Å². The molecule has 1 amide bonds. The number of likely N-dealkylation sites (tertiary alicyclic amines) is 1. The van der Waals surface area contributed by atoms with E-state index in [1.54, 1.807) is 20.8 Å². The highest BCUT2D eigenvalue weighted by molar-refractivity contribution is 14.1. The number of carboxylic acid groups (broad SMARTS) is 1. The summed E-state index contributed by atoms with van der Waals surface area (Å²) < 4.78 is 6.49. The molecule has 2 atom stereocenters. The van der Waals surface area contributed by atoms with Gasteiger partial charge in [0.2, 0.25) is 0 Å². The fourth-order valence-corrected chi connectivity index (χ4v) is 3.43. The number of ether oxygens (including phenoxy) is 1. The molecule has 6 heteroatoms. The molecule has 0 unspecified atom stereocenters. The Balaban J connectivity index is 2.08. The summed E-state index contributed by atoms with van der Waals surface area (Å²) in [5.74, 6) is -0.845. The van der Waals surface area contributed by atoms with E-state index < -0.39 is 23.7 Å². The van der Waals surface area contributed by atoms with Gasteiger partial charge < -0.3 is 9.84 Å². The number of nitrogens with zero attached hydrogens (tertiary/aromatic N) is 1. The molecule has 0 bridgehead atoms. The summed E-state index contributed by atoms with van der Waals surface area (Å²) in [6, 6.07) is 7.33. The zero-order chi connectivity index (χ0) is 17.2. The zero-order valence-electron chi connectivity index (χ0n) is 13.6. The monoisotopic (exact) mass is 431 g/mol. The molecule has 0 aliphatic carbocycles. The van der Waals surface area contributed by atoms with E-state index in [1.165, 1.54) is 4.90 Å². The lowest BCUT2D eigenvalue weighted by molar-refractivity contribution is -0.142. The second-order valence-electron chi connectivity index (χ2n) is 6.92. The molecule has 0 aromatic heterocycles. The van der Waals surface area contributed by atoms with Crippen LogP contribution < -0.4 is 0 Å². The van der Waals surface area contributed by atoms with Crippen molar-refractivity contribution < 1.29 is 19.4 Å². The number of carbonyl (C=O) groups is 2. The highest BCUT2D eigenvalue weighted by atomic mass is 127. The van der Waals surface area contributed by atoms with Crippen molar-refractivity contribution in [2.24, 2.45) is 5.92 Å². The van der Waals surface area contributed by atoms with Crippen LogP contribution in [0.2, 0.25) is 0 Å². The Kier molecular flexibility index (Phi) is 5.54. The SMILES string of the molecule is CC(C)(C)OC(=O)N1C[C@H](Cc2cccc(I)c2)C[C@H]1C(=O)O. The summed E-state index contributed by atoms with van der Waals surface area (Å²) in [4.78, 5) is 25.1. The minimum Gasteiger partial charge on any atom is -0.480 e. The van der Waals surface area contributed by atoms with Crippen LogP contribution >= 0.6 is 22.6 Å². The third kappa shape index (κ3) is 5.09. The van der Waals surface area contributed by atoms with Crippen LogP contribution in [-0.2, 0) is 16.0 Å². The Hall–Kier alpha value is -1.31. The molecule has 0 spiro atoms. The third-order valence-electron chi connectivity index (χ3n) is 3.71. The Morgan fingerprint density at radius 3 is 2.65 bits per heavy atom. The first kappa shape index (κ1) is 18.0. The van der Waals surface area contributed by atoms with Crippen molar-refractivity contribution >= 4 is 34.7 Å². The first-order valence-electron chi connectivity index (χ1n) is 7.62. The molecule has 1 heterocycles. The van der Waals surface area contributed by atoms with Gasteiger partial charge in [-0.1, -0.05) is 12.1 Å². The van der Waals surface area contributed by atoms with Gasteiger partial charge in [-0.25, -0.2) is 9.59 Å². The maximum Gasteiger partial charge on any atom is 0.411 e. The smallest absolute Gasteiger partial charge is 0.411 e. The van der Waals surface area contributed by atoms with Gasteiger partial charge >= 0.3 is 12.1 Å². The molecule has 0 saturated carbocycles. The number of carbonyl (C=O) groups excluding carboxylic acids is 1. The van der Waals surface area contributed by atoms with Crippen LogP contribution in [0.25, 0.3) is 0 Å². The maximum atomic E-state index is 12.3. The predicted molar refractivity (Wildman–Crippen MR) is 95.3 cm³/mol. The summed E-state index contributed by atoms with van der Waals surface area (Å²) in [5, 5.41) is 9.41. The summed E-state index contributed by atoms with van der Waals surface area (Å²) in [5.41, 5.74) is 0.533. The predicted octanol–water partition coefficient (Wildman–Crippen LogP) is 3.54. The van der Waals surface area contributed by atoms with Gasteiger partial charge in [-0.3, -0.25) is 4.90 Å². The maximum absolute atomic E-state index is 12.3. The fourth-order valence-electron chi connectivity index (χ4n) is 2.82. The van der Waals surface area contributed by atoms with Gasteiger partial charge in [0, 0.05) is 10.1 Å². The van der Waals surface area contributed by atoms with Crippen LogP contribution in [0.4, 0.5) is 4.79 Å². The number of carboxylic acids is 1. The number of hydrogen-bond acceptors (Lipinski definition) is 3. The highest BCUT2D eigenvalue weighted by Crippen LogP contribution is 2.28. The summed E-state index contributed by atoms with van der Waals surface area (Å²) in [7, 11) is 0. The molecule has 1 aromatic carbocycles. The quantitative estimate of drug-likeness (QED) is 0.744. The van der Waals surface area contributed by atoms with Crippen molar-refractivity contribution in [1.29, 1.82) is 0 Å². The van der Waals surface area contributed by atoms with Crippen molar-refractivity contribution in [3.8, 4) is 0 Å². The molecular formula is C17H22INO4. The molecule has 1 fully saturated rings. The molecule has 1 N–H and O–H groups in total. The molecule has 0 radical (unpaired) electrons. The minimum absolute atomic E-state index is 0.127. The Bertz CT molecular complexity index is 597. The third-order valence-corrected chi connectivity index (χ3v) is 4.39. The fraction of sp³-hybridized carbons (Fsp3) is 0.529. The normalized spacial score (nSPS) is 21.3. The lowest BCUT2D eigenvalue weighted by atomic mass is 9.97. The second kappa shape index (κ2) is 7.07. The van der Waals surface area contributed by atoms with Gasteiger partial charge in [-0.15, -0.1) is 0 Å². The molecule has 2 rings (SSSR count). The number of aliphatic carboxylic acids is 1. The highest BCUT2D eigenvalue weighted by Gasteiger charge is 2.41. The number of amides is 1. The number of hydrogen-bond donors (Lipinski definition) is 1. The molecule has 1 saturated heterocycles. The Labute approximate surface area is 150 Å². The molecular weight excluding hydrogens is 409 g/mol. The van der Waals surface area contributed by atoms with Crippen molar-refractivity contribution in [1.82, 2.24) is 4.90 Å². The minimum atomic E-state index is -0.971. The van der Waals surface area contributed by atoms with Gasteiger partial charge in [0.1, 0.15) is 11.6 Å². The lowest BCUT2D eigenvalue weighted by Crippen LogP contribution is -2.43. The van der Waals surface area contributed by atoms with Crippen LogP contribution in [0.3, 0.4) is 0 Å². The first-order valence-corrected chi connectivity index (χ1v) is 8.70. The molecule has 1 aliphatic rings. The van der Waals surface area contributed by atoms with E-state index >= 15 is 0 Å². The standard InChI is InChI=1S/C17H22INO4/c1-17(2,3)23-16(22)19-10-12(9-14(19)15(20)21)7-11-5-4-6-13(18)8-11/h4-6,8,12,14H,7,9-10H2,1-3H3,(H,20,21)/t12-,14+/m1/s1. The van der Waals surface area contributed by atoms with Gasteiger partial charge in [0.15, 0.2) is 0 Å². The van der Waals surface area contributed by atoms with Crippen LogP contribution in [0.5, 0.6) is 0 Å². The Morgan fingerprint density at radius 1 is 1.39 bits per heavy atom. The molecule has 1 aromatic rings. The van der Waals surface area contributed by atoms with Gasteiger partial charge in [0.25, 0.3) is 0 Å². The number of benzene rings is 1. The van der Waals surface area contributed by atoms with E-state index in [0.29, 0.717) is 13.0 Å². The summed E-state index contributed by atoms with van der Waals surface area (Å²) >= 11 is 2.26. The van der Waals surface area contributed by atoms with Crippen LogP contribution in [0, 0.1) is 9.49 Å². The molecule has 5 nitrogen and oxygen atoms in total. The lowest BCUT2D eigenvalue weighted by Gasteiger charge is -2.26. The average molecular weight is 431 g/mol. The van der Waals surface area contributed by atoms with Crippen molar-refractivity contribution in [2.45, 2.75) is 45.3 Å². The number of rotatable bonds is 3.